The number of hydrogen-bond donors (Lipinski definition) is 2. The van der Waals surface area contributed by atoms with Crippen molar-refractivity contribution in [3.8, 4) is 0 Å². The van der Waals surface area contributed by atoms with Crippen molar-refractivity contribution in [3.63, 3.8) is 0 Å². The Bertz CT molecular complexity index is 438. The normalized spacial score (nSPS) is 12.3. The summed E-state index contributed by atoms with van der Waals surface area (Å²) < 4.78 is 38.8. The topological polar surface area (TPSA) is 49.3 Å². The van der Waals surface area contributed by atoms with Crippen molar-refractivity contribution in [2.75, 3.05) is 13.2 Å². The molecule has 100 valence electrons. The number of aliphatic hydroxyl groups excluding tert-OH is 1. The van der Waals surface area contributed by atoms with Gasteiger partial charge in [0.05, 0.1) is 6.42 Å². The zero-order chi connectivity index (χ0) is 13.7. The Morgan fingerprint density at radius 2 is 1.89 bits per heavy atom. The average Bonchev–Trinajstić information content (AvgIpc) is 2.33. The molecule has 0 radical (unpaired) electrons. The van der Waals surface area contributed by atoms with Gasteiger partial charge >= 0.3 is 0 Å². The lowest BCUT2D eigenvalue weighted by molar-refractivity contribution is -0.120. The number of amides is 1. The summed E-state index contributed by atoms with van der Waals surface area (Å²) in [5.74, 6) is -4.07. The summed E-state index contributed by atoms with van der Waals surface area (Å²) in [6.07, 6.45) is -0.374. The van der Waals surface area contributed by atoms with Gasteiger partial charge in [-0.2, -0.15) is 0 Å². The van der Waals surface area contributed by atoms with Crippen molar-refractivity contribution in [3.05, 3.63) is 35.1 Å². The van der Waals surface area contributed by atoms with E-state index in [1.54, 1.807) is 6.92 Å². The van der Waals surface area contributed by atoms with Crippen LogP contribution in [0.15, 0.2) is 12.1 Å². The van der Waals surface area contributed by atoms with Crippen LogP contribution < -0.4 is 5.32 Å². The quantitative estimate of drug-likeness (QED) is 0.787. The largest absolute Gasteiger partial charge is 0.396 e. The van der Waals surface area contributed by atoms with Gasteiger partial charge in [-0.05, 0) is 12.0 Å². The highest BCUT2D eigenvalue weighted by molar-refractivity contribution is 5.78. The van der Waals surface area contributed by atoms with Crippen LogP contribution >= 0.6 is 0 Å². The first-order chi connectivity index (χ1) is 8.43. The van der Waals surface area contributed by atoms with Crippen LogP contribution in [0, 0.1) is 23.4 Å². The molecule has 1 aromatic carbocycles. The fraction of sp³-hybridized carbons (Fsp3) is 0.417. The molecule has 1 amide bonds. The molecule has 0 aliphatic rings. The first kappa shape index (κ1) is 14.5. The lowest BCUT2D eigenvalue weighted by Gasteiger charge is -2.10. The fourth-order valence-electron chi connectivity index (χ4n) is 1.29. The minimum absolute atomic E-state index is 0.0835. The minimum Gasteiger partial charge on any atom is -0.396 e. The summed E-state index contributed by atoms with van der Waals surface area (Å²) in [6, 6.07) is 1.08. The van der Waals surface area contributed by atoms with Crippen LogP contribution in [0.25, 0.3) is 0 Å². The highest BCUT2D eigenvalue weighted by Gasteiger charge is 2.13. The maximum atomic E-state index is 13.2. The second kappa shape index (κ2) is 6.39. The van der Waals surface area contributed by atoms with Crippen molar-refractivity contribution in [1.29, 1.82) is 0 Å². The summed E-state index contributed by atoms with van der Waals surface area (Å²) in [6.45, 7) is 1.87. The first-order valence-corrected chi connectivity index (χ1v) is 5.45. The molecule has 0 saturated carbocycles. The van der Waals surface area contributed by atoms with E-state index in [1.807, 2.05) is 0 Å². The molecular formula is C12H14F3NO2. The van der Waals surface area contributed by atoms with Crippen LogP contribution in [-0.4, -0.2) is 24.2 Å². The predicted molar refractivity (Wildman–Crippen MR) is 59.3 cm³/mol. The lowest BCUT2D eigenvalue weighted by atomic mass is 10.1. The molecule has 1 aromatic rings. The van der Waals surface area contributed by atoms with Crippen molar-refractivity contribution < 1.29 is 23.1 Å². The van der Waals surface area contributed by atoms with E-state index in [9.17, 15) is 18.0 Å². The van der Waals surface area contributed by atoms with E-state index in [0.29, 0.717) is 12.1 Å². The first-order valence-electron chi connectivity index (χ1n) is 5.45. The molecule has 2 N–H and O–H groups in total. The Hall–Kier alpha value is -1.56. The molecule has 3 nitrogen and oxygen atoms in total. The van der Waals surface area contributed by atoms with Crippen LogP contribution in [0.1, 0.15) is 12.5 Å². The Morgan fingerprint density at radius 3 is 2.50 bits per heavy atom. The molecular weight excluding hydrogens is 247 g/mol. The summed E-state index contributed by atoms with van der Waals surface area (Å²) in [5.41, 5.74) is -0.206. The van der Waals surface area contributed by atoms with Gasteiger partial charge in [0, 0.05) is 24.8 Å². The Morgan fingerprint density at radius 1 is 1.28 bits per heavy atom. The van der Waals surface area contributed by atoms with Gasteiger partial charge in [-0.1, -0.05) is 6.92 Å². The van der Waals surface area contributed by atoms with E-state index in [4.69, 9.17) is 5.11 Å². The van der Waals surface area contributed by atoms with Crippen LogP contribution in [-0.2, 0) is 11.2 Å². The van der Waals surface area contributed by atoms with E-state index in [2.05, 4.69) is 5.32 Å². The number of aliphatic hydroxyl groups is 1. The molecule has 0 bridgehead atoms. The SMILES string of the molecule is CC(CO)CNC(=O)Cc1cc(F)c(F)cc1F. The van der Waals surface area contributed by atoms with Crippen molar-refractivity contribution >= 4 is 5.91 Å². The van der Waals surface area contributed by atoms with Gasteiger partial charge in [-0.25, -0.2) is 13.2 Å². The summed E-state index contributed by atoms with van der Waals surface area (Å²) in [7, 11) is 0. The van der Waals surface area contributed by atoms with E-state index < -0.39 is 23.4 Å². The summed E-state index contributed by atoms with van der Waals surface area (Å²) in [4.78, 5) is 11.4. The maximum Gasteiger partial charge on any atom is 0.224 e. The molecule has 0 aliphatic carbocycles. The lowest BCUT2D eigenvalue weighted by Crippen LogP contribution is -2.31. The van der Waals surface area contributed by atoms with Gasteiger partial charge in [-0.15, -0.1) is 0 Å². The molecule has 1 atom stereocenters. The second-order valence-corrected chi connectivity index (χ2v) is 4.13. The standard InChI is InChI=1S/C12H14F3NO2/c1-7(6-17)5-16-12(18)3-8-2-10(14)11(15)4-9(8)13/h2,4,7,17H,3,5-6H2,1H3,(H,16,18). The Balaban J connectivity index is 2.62. The number of carbonyl (C=O) groups is 1. The van der Waals surface area contributed by atoms with Crippen LogP contribution in [0.3, 0.4) is 0 Å². The van der Waals surface area contributed by atoms with Gasteiger partial charge in [0.2, 0.25) is 5.91 Å². The van der Waals surface area contributed by atoms with E-state index in [0.717, 1.165) is 0 Å². The summed E-state index contributed by atoms with van der Waals surface area (Å²) in [5, 5.41) is 11.2. The third-order valence-corrected chi connectivity index (χ3v) is 2.40. The Labute approximate surface area is 103 Å². The molecule has 6 heteroatoms. The zero-order valence-corrected chi connectivity index (χ0v) is 9.84. The fourth-order valence-corrected chi connectivity index (χ4v) is 1.29. The van der Waals surface area contributed by atoms with Gasteiger partial charge in [-0.3, -0.25) is 4.79 Å². The number of nitrogens with one attached hydrogen (secondary N) is 1. The number of halogens is 3. The molecule has 1 unspecified atom stereocenters. The molecule has 0 fully saturated rings. The third kappa shape index (κ3) is 4.03. The van der Waals surface area contributed by atoms with Gasteiger partial charge in [0.15, 0.2) is 11.6 Å². The highest BCUT2D eigenvalue weighted by atomic mass is 19.2. The molecule has 0 aliphatic heterocycles. The maximum absolute atomic E-state index is 13.2. The van der Waals surface area contributed by atoms with Crippen LogP contribution in [0.5, 0.6) is 0 Å². The molecule has 1 rings (SSSR count). The van der Waals surface area contributed by atoms with E-state index in [-0.39, 0.29) is 31.1 Å². The molecule has 0 aromatic heterocycles. The molecule has 18 heavy (non-hydrogen) atoms. The van der Waals surface area contributed by atoms with Gasteiger partial charge < -0.3 is 10.4 Å². The molecule has 0 spiro atoms. The molecule has 0 saturated heterocycles. The van der Waals surface area contributed by atoms with Crippen molar-refractivity contribution in [2.24, 2.45) is 5.92 Å². The van der Waals surface area contributed by atoms with Crippen LogP contribution in [0.2, 0.25) is 0 Å². The average molecular weight is 261 g/mol. The van der Waals surface area contributed by atoms with Gasteiger partial charge in [0.1, 0.15) is 5.82 Å². The second-order valence-electron chi connectivity index (χ2n) is 4.13. The van der Waals surface area contributed by atoms with Gasteiger partial charge in [0.25, 0.3) is 0 Å². The zero-order valence-electron chi connectivity index (χ0n) is 9.84. The number of rotatable bonds is 5. The number of hydrogen-bond acceptors (Lipinski definition) is 2. The third-order valence-electron chi connectivity index (χ3n) is 2.40. The smallest absolute Gasteiger partial charge is 0.224 e. The minimum atomic E-state index is -1.29. The molecule has 0 heterocycles. The number of carbonyl (C=O) groups excluding carboxylic acids is 1. The highest BCUT2D eigenvalue weighted by Crippen LogP contribution is 2.14. The van der Waals surface area contributed by atoms with Crippen LogP contribution in [0.4, 0.5) is 13.2 Å². The van der Waals surface area contributed by atoms with E-state index in [1.165, 1.54) is 0 Å². The number of benzene rings is 1. The summed E-state index contributed by atoms with van der Waals surface area (Å²) >= 11 is 0. The van der Waals surface area contributed by atoms with E-state index >= 15 is 0 Å². The van der Waals surface area contributed by atoms with Crippen molar-refractivity contribution in [2.45, 2.75) is 13.3 Å². The van der Waals surface area contributed by atoms with Crippen molar-refractivity contribution in [1.82, 2.24) is 5.32 Å². The predicted octanol–water partition coefficient (Wildman–Crippen LogP) is 1.39. The monoisotopic (exact) mass is 261 g/mol. The Kier molecular flexibility index (Phi) is 5.15.